The Morgan fingerprint density at radius 2 is 2.13 bits per heavy atom. The summed E-state index contributed by atoms with van der Waals surface area (Å²) >= 11 is 3.29. The van der Waals surface area contributed by atoms with Crippen LogP contribution in [0.2, 0.25) is 0 Å². The molecule has 80 valence electrons. The summed E-state index contributed by atoms with van der Waals surface area (Å²) in [5.74, 6) is 1.28. The van der Waals surface area contributed by atoms with Crippen molar-refractivity contribution in [1.82, 2.24) is 9.97 Å². The molecule has 0 radical (unpaired) electrons. The van der Waals surface area contributed by atoms with Crippen LogP contribution in [0.4, 0.5) is 0 Å². The van der Waals surface area contributed by atoms with Crippen molar-refractivity contribution in [3.05, 3.63) is 22.2 Å². The lowest BCUT2D eigenvalue weighted by Crippen LogP contribution is -2.06. The van der Waals surface area contributed by atoms with Gasteiger partial charge in [0.1, 0.15) is 11.5 Å². The summed E-state index contributed by atoms with van der Waals surface area (Å²) in [6, 6.07) is 0. The predicted molar refractivity (Wildman–Crippen MR) is 60.9 cm³/mol. The Balaban J connectivity index is 2.33. The molecule has 0 amide bonds. The zero-order chi connectivity index (χ0) is 10.8. The Bertz CT molecular complexity index is 386. The van der Waals surface area contributed by atoms with Crippen LogP contribution in [-0.2, 0) is 0 Å². The van der Waals surface area contributed by atoms with E-state index in [4.69, 9.17) is 0 Å². The number of carbonyl (C=O) groups is 1. The van der Waals surface area contributed by atoms with E-state index in [2.05, 4.69) is 25.9 Å². The van der Waals surface area contributed by atoms with E-state index < -0.39 is 0 Å². The highest BCUT2D eigenvalue weighted by Gasteiger charge is 2.21. The molecule has 1 aromatic heterocycles. The first-order valence-electron chi connectivity index (χ1n) is 5.22. The Labute approximate surface area is 97.4 Å². The van der Waals surface area contributed by atoms with Gasteiger partial charge < -0.3 is 0 Å². The molecule has 0 aliphatic heterocycles. The minimum Gasteiger partial charge on any atom is -0.293 e. The Hall–Kier alpha value is -0.770. The van der Waals surface area contributed by atoms with E-state index in [0.717, 1.165) is 18.7 Å². The molecule has 1 aliphatic rings. The normalized spacial score (nSPS) is 16.9. The standard InChI is InChI=1S/C11H13BrN2O/c1-7(15)10-9(12)6-13-11(14-10)8-4-2-3-5-8/h6,8H,2-5H2,1H3. The molecule has 1 fully saturated rings. The van der Waals surface area contributed by atoms with E-state index in [0.29, 0.717) is 16.1 Å². The smallest absolute Gasteiger partial charge is 0.179 e. The van der Waals surface area contributed by atoms with Gasteiger partial charge in [-0.05, 0) is 28.8 Å². The van der Waals surface area contributed by atoms with Crippen molar-refractivity contribution in [3.8, 4) is 0 Å². The lowest BCUT2D eigenvalue weighted by Gasteiger charge is -2.08. The first kappa shape index (κ1) is 10.7. The second-order valence-electron chi connectivity index (χ2n) is 3.96. The van der Waals surface area contributed by atoms with Crippen molar-refractivity contribution in [2.75, 3.05) is 0 Å². The zero-order valence-corrected chi connectivity index (χ0v) is 10.2. The van der Waals surface area contributed by atoms with E-state index in [1.807, 2.05) is 0 Å². The quantitative estimate of drug-likeness (QED) is 0.775. The van der Waals surface area contributed by atoms with Gasteiger partial charge in [0, 0.05) is 19.0 Å². The Morgan fingerprint density at radius 1 is 1.47 bits per heavy atom. The number of carbonyl (C=O) groups excluding carboxylic acids is 1. The molecule has 2 rings (SSSR count). The fourth-order valence-corrected chi connectivity index (χ4v) is 2.48. The highest BCUT2D eigenvalue weighted by molar-refractivity contribution is 9.10. The number of ketones is 1. The van der Waals surface area contributed by atoms with E-state index in [9.17, 15) is 4.79 Å². The molecule has 0 N–H and O–H groups in total. The van der Waals surface area contributed by atoms with Crippen LogP contribution in [0.5, 0.6) is 0 Å². The third-order valence-corrected chi connectivity index (χ3v) is 3.40. The molecule has 0 unspecified atom stereocenters. The molecule has 0 spiro atoms. The van der Waals surface area contributed by atoms with E-state index in [1.165, 1.54) is 19.8 Å². The summed E-state index contributed by atoms with van der Waals surface area (Å²) in [5.41, 5.74) is 0.506. The summed E-state index contributed by atoms with van der Waals surface area (Å²) in [5, 5.41) is 0. The molecular weight excluding hydrogens is 256 g/mol. The summed E-state index contributed by atoms with van der Waals surface area (Å²) in [4.78, 5) is 20.0. The van der Waals surface area contributed by atoms with Crippen molar-refractivity contribution in [2.24, 2.45) is 0 Å². The van der Waals surface area contributed by atoms with Crippen molar-refractivity contribution >= 4 is 21.7 Å². The lowest BCUT2D eigenvalue weighted by atomic mass is 10.1. The van der Waals surface area contributed by atoms with Crippen LogP contribution in [0.1, 0.15) is 54.8 Å². The zero-order valence-electron chi connectivity index (χ0n) is 8.66. The largest absolute Gasteiger partial charge is 0.293 e. The van der Waals surface area contributed by atoms with E-state index in [1.54, 1.807) is 6.20 Å². The van der Waals surface area contributed by atoms with E-state index in [-0.39, 0.29) is 5.78 Å². The molecule has 1 heterocycles. The van der Waals surface area contributed by atoms with Crippen LogP contribution in [-0.4, -0.2) is 15.8 Å². The third-order valence-electron chi connectivity index (χ3n) is 2.82. The second kappa shape index (κ2) is 4.39. The van der Waals surface area contributed by atoms with Gasteiger partial charge in [0.2, 0.25) is 0 Å². The number of hydrogen-bond acceptors (Lipinski definition) is 3. The van der Waals surface area contributed by atoms with Gasteiger partial charge in [-0.1, -0.05) is 12.8 Å². The first-order chi connectivity index (χ1) is 7.18. The first-order valence-corrected chi connectivity index (χ1v) is 6.01. The van der Waals surface area contributed by atoms with Gasteiger partial charge in [-0.3, -0.25) is 4.79 Å². The predicted octanol–water partition coefficient (Wildman–Crippen LogP) is 3.10. The summed E-state index contributed by atoms with van der Waals surface area (Å²) < 4.78 is 0.691. The molecule has 3 nitrogen and oxygen atoms in total. The van der Waals surface area contributed by atoms with Gasteiger partial charge in [0.05, 0.1) is 4.47 Å². The van der Waals surface area contributed by atoms with Gasteiger partial charge in [-0.15, -0.1) is 0 Å². The average Bonchev–Trinajstić information content (AvgIpc) is 2.71. The fourth-order valence-electron chi connectivity index (χ4n) is 2.01. The number of aromatic nitrogens is 2. The third kappa shape index (κ3) is 2.25. The van der Waals surface area contributed by atoms with E-state index >= 15 is 0 Å². The number of Topliss-reactive ketones (excluding diaryl/α,β-unsaturated/α-hetero) is 1. The van der Waals surface area contributed by atoms with Gasteiger partial charge in [-0.2, -0.15) is 0 Å². The minimum absolute atomic E-state index is 0.0106. The van der Waals surface area contributed by atoms with Crippen molar-refractivity contribution in [3.63, 3.8) is 0 Å². The molecule has 1 saturated carbocycles. The number of halogens is 1. The molecule has 1 aliphatic carbocycles. The molecule has 15 heavy (non-hydrogen) atoms. The molecule has 0 saturated heterocycles. The Kier molecular flexibility index (Phi) is 3.14. The average molecular weight is 269 g/mol. The summed E-state index contributed by atoms with van der Waals surface area (Å²) in [6.45, 7) is 1.53. The van der Waals surface area contributed by atoms with Gasteiger partial charge in [0.25, 0.3) is 0 Å². The minimum atomic E-state index is -0.0106. The lowest BCUT2D eigenvalue weighted by molar-refractivity contribution is 0.101. The highest BCUT2D eigenvalue weighted by Crippen LogP contribution is 2.32. The molecule has 0 aromatic carbocycles. The second-order valence-corrected chi connectivity index (χ2v) is 4.82. The SMILES string of the molecule is CC(=O)c1nc(C2CCCC2)ncc1Br. The molecule has 4 heteroatoms. The highest BCUT2D eigenvalue weighted by atomic mass is 79.9. The van der Waals surface area contributed by atoms with Crippen LogP contribution < -0.4 is 0 Å². The maximum Gasteiger partial charge on any atom is 0.179 e. The number of nitrogens with zero attached hydrogens (tertiary/aromatic N) is 2. The van der Waals surface area contributed by atoms with Crippen LogP contribution in [0, 0.1) is 0 Å². The van der Waals surface area contributed by atoms with Gasteiger partial charge in [0.15, 0.2) is 5.78 Å². The van der Waals surface area contributed by atoms with Crippen molar-refractivity contribution < 1.29 is 4.79 Å². The van der Waals surface area contributed by atoms with Gasteiger partial charge >= 0.3 is 0 Å². The maximum atomic E-state index is 11.3. The van der Waals surface area contributed by atoms with Crippen LogP contribution >= 0.6 is 15.9 Å². The van der Waals surface area contributed by atoms with Gasteiger partial charge in [-0.25, -0.2) is 9.97 Å². The number of hydrogen-bond donors (Lipinski definition) is 0. The summed E-state index contributed by atoms with van der Waals surface area (Å²) in [6.07, 6.45) is 6.49. The maximum absolute atomic E-state index is 11.3. The van der Waals surface area contributed by atoms with Crippen molar-refractivity contribution in [1.29, 1.82) is 0 Å². The molecule has 1 aromatic rings. The van der Waals surface area contributed by atoms with Crippen molar-refractivity contribution in [2.45, 2.75) is 38.5 Å². The molecule has 0 bridgehead atoms. The van der Waals surface area contributed by atoms with Crippen LogP contribution in [0.3, 0.4) is 0 Å². The van der Waals surface area contributed by atoms with Crippen LogP contribution in [0.25, 0.3) is 0 Å². The number of rotatable bonds is 2. The monoisotopic (exact) mass is 268 g/mol. The van der Waals surface area contributed by atoms with Crippen LogP contribution in [0.15, 0.2) is 10.7 Å². The topological polar surface area (TPSA) is 42.9 Å². The Morgan fingerprint density at radius 3 is 2.73 bits per heavy atom. The summed E-state index contributed by atoms with van der Waals surface area (Å²) in [7, 11) is 0. The molecule has 0 atom stereocenters. The molecular formula is C11H13BrN2O. The fraction of sp³-hybridized carbons (Fsp3) is 0.545.